The molecule has 1 aromatic carbocycles. The Kier molecular flexibility index (Phi) is 7.22. The van der Waals surface area contributed by atoms with E-state index in [2.05, 4.69) is 19.2 Å². The van der Waals surface area contributed by atoms with Crippen LogP contribution in [0.15, 0.2) is 29.2 Å². The molecule has 6 heteroatoms. The van der Waals surface area contributed by atoms with E-state index in [-0.39, 0.29) is 16.8 Å². The van der Waals surface area contributed by atoms with E-state index in [9.17, 15) is 13.2 Å². The fourth-order valence-corrected chi connectivity index (χ4v) is 3.10. The second-order valence-corrected chi connectivity index (χ2v) is 8.66. The first-order valence-corrected chi connectivity index (χ1v) is 9.42. The highest BCUT2D eigenvalue weighted by Crippen LogP contribution is 2.14. The summed E-state index contributed by atoms with van der Waals surface area (Å²) < 4.78 is 25.1. The molecule has 1 atom stereocenters. The fourth-order valence-electron chi connectivity index (χ4n) is 2.20. The summed E-state index contributed by atoms with van der Waals surface area (Å²) in [6.45, 7) is 6.36. The molecule has 0 saturated carbocycles. The summed E-state index contributed by atoms with van der Waals surface area (Å²) in [7, 11) is -0.499. The first-order valence-electron chi connectivity index (χ1n) is 7.98. The molecule has 5 nitrogen and oxygen atoms in total. The minimum atomic E-state index is -3.46. The highest BCUT2D eigenvalue weighted by atomic mass is 32.2. The van der Waals surface area contributed by atoms with Gasteiger partial charge in [0.25, 0.3) is 5.91 Å². The average Bonchev–Trinajstić information content (AvgIpc) is 2.46. The summed E-state index contributed by atoms with van der Waals surface area (Å²) in [5.74, 6) is 0.500. The summed E-state index contributed by atoms with van der Waals surface area (Å²) in [5, 5.41) is 2.95. The lowest BCUT2D eigenvalue weighted by atomic mass is 10.0. The lowest BCUT2D eigenvalue weighted by molar-refractivity contribution is 0.0937. The van der Waals surface area contributed by atoms with E-state index >= 15 is 0 Å². The Hall–Kier alpha value is -1.40. The van der Waals surface area contributed by atoms with Crippen LogP contribution in [0.5, 0.6) is 0 Å². The molecule has 0 aliphatic rings. The molecule has 0 bridgehead atoms. The van der Waals surface area contributed by atoms with Gasteiger partial charge < -0.3 is 5.32 Å². The Labute approximate surface area is 140 Å². The highest BCUT2D eigenvalue weighted by molar-refractivity contribution is 7.89. The second kappa shape index (κ2) is 8.45. The number of rotatable bonds is 8. The number of amides is 1. The first kappa shape index (κ1) is 19.6. The molecule has 0 radical (unpaired) electrons. The normalized spacial score (nSPS) is 13.3. The summed E-state index contributed by atoms with van der Waals surface area (Å²) in [6.07, 6.45) is 3.17. The number of carbonyl (C=O) groups is 1. The molecule has 130 valence electrons. The summed E-state index contributed by atoms with van der Waals surface area (Å²) in [4.78, 5) is 12.4. The maximum atomic E-state index is 12.2. The van der Waals surface area contributed by atoms with Crippen LogP contribution in [0.25, 0.3) is 0 Å². The molecule has 0 aromatic heterocycles. The third kappa shape index (κ3) is 5.95. The van der Waals surface area contributed by atoms with Crippen molar-refractivity contribution < 1.29 is 13.2 Å². The van der Waals surface area contributed by atoms with E-state index in [1.54, 1.807) is 12.1 Å². The molecule has 0 aliphatic carbocycles. The minimum Gasteiger partial charge on any atom is -0.350 e. The molecule has 23 heavy (non-hydrogen) atoms. The largest absolute Gasteiger partial charge is 0.350 e. The van der Waals surface area contributed by atoms with E-state index in [1.807, 2.05) is 6.92 Å². The number of hydrogen-bond donors (Lipinski definition) is 1. The Morgan fingerprint density at radius 2 is 1.65 bits per heavy atom. The third-order valence-electron chi connectivity index (χ3n) is 3.69. The zero-order valence-electron chi connectivity index (χ0n) is 14.7. The van der Waals surface area contributed by atoms with Crippen LogP contribution in [0.4, 0.5) is 0 Å². The van der Waals surface area contributed by atoms with Crippen LogP contribution in [-0.4, -0.2) is 38.8 Å². The minimum absolute atomic E-state index is 0.103. The molecule has 0 unspecified atom stereocenters. The van der Waals surface area contributed by atoms with Crippen LogP contribution in [0.3, 0.4) is 0 Å². The van der Waals surface area contributed by atoms with Crippen molar-refractivity contribution in [3.8, 4) is 0 Å². The average molecular weight is 340 g/mol. The molecular weight excluding hydrogens is 312 g/mol. The summed E-state index contributed by atoms with van der Waals surface area (Å²) in [5.41, 5.74) is 0.471. The van der Waals surface area contributed by atoms with Gasteiger partial charge in [-0.15, -0.1) is 0 Å². The standard InChI is InChI=1S/C17H28N2O3S/c1-13(2)7-6-8-14(3)18-17(20)15-9-11-16(12-10-15)23(21,22)19(4)5/h9-14H,6-8H2,1-5H3,(H,18,20)/t14-/m0/s1. The molecule has 1 rings (SSSR count). The lowest BCUT2D eigenvalue weighted by Gasteiger charge is -2.15. The van der Waals surface area contributed by atoms with Crippen molar-refractivity contribution in [2.45, 2.75) is 51.0 Å². The molecule has 0 saturated heterocycles. The molecule has 1 amide bonds. The molecule has 0 heterocycles. The molecular formula is C17H28N2O3S. The van der Waals surface area contributed by atoms with Crippen LogP contribution in [0, 0.1) is 5.92 Å². The van der Waals surface area contributed by atoms with Gasteiger partial charge in [0.2, 0.25) is 10.0 Å². The predicted octanol–water partition coefficient (Wildman–Crippen LogP) is 2.88. The smallest absolute Gasteiger partial charge is 0.251 e. The van der Waals surface area contributed by atoms with Gasteiger partial charge in [0.05, 0.1) is 4.90 Å². The molecule has 0 fully saturated rings. The van der Waals surface area contributed by atoms with Gasteiger partial charge in [-0.2, -0.15) is 0 Å². The van der Waals surface area contributed by atoms with Crippen LogP contribution in [-0.2, 0) is 10.0 Å². The van der Waals surface area contributed by atoms with Crippen LogP contribution >= 0.6 is 0 Å². The van der Waals surface area contributed by atoms with Gasteiger partial charge >= 0.3 is 0 Å². The predicted molar refractivity (Wildman–Crippen MR) is 92.9 cm³/mol. The maximum absolute atomic E-state index is 12.2. The molecule has 1 N–H and O–H groups in total. The zero-order valence-corrected chi connectivity index (χ0v) is 15.5. The Morgan fingerprint density at radius 3 is 2.13 bits per heavy atom. The quantitative estimate of drug-likeness (QED) is 0.791. The van der Waals surface area contributed by atoms with Crippen molar-refractivity contribution in [3.63, 3.8) is 0 Å². The van der Waals surface area contributed by atoms with Crippen molar-refractivity contribution >= 4 is 15.9 Å². The summed E-state index contributed by atoms with van der Waals surface area (Å²) in [6, 6.07) is 6.13. The van der Waals surface area contributed by atoms with Crippen molar-refractivity contribution in [1.82, 2.24) is 9.62 Å². The van der Waals surface area contributed by atoms with Gasteiger partial charge in [-0.3, -0.25) is 4.79 Å². The highest BCUT2D eigenvalue weighted by Gasteiger charge is 2.17. The van der Waals surface area contributed by atoms with Crippen molar-refractivity contribution in [2.24, 2.45) is 5.92 Å². The van der Waals surface area contributed by atoms with E-state index in [4.69, 9.17) is 0 Å². The lowest BCUT2D eigenvalue weighted by Crippen LogP contribution is -2.32. The fraction of sp³-hybridized carbons (Fsp3) is 0.588. The number of sulfonamides is 1. The van der Waals surface area contributed by atoms with Gasteiger partial charge in [-0.25, -0.2) is 12.7 Å². The Bertz CT molecular complexity index is 607. The monoisotopic (exact) mass is 340 g/mol. The third-order valence-corrected chi connectivity index (χ3v) is 5.52. The van der Waals surface area contributed by atoms with Gasteiger partial charge in [-0.05, 0) is 43.5 Å². The molecule has 0 spiro atoms. The van der Waals surface area contributed by atoms with E-state index in [0.29, 0.717) is 11.5 Å². The molecule has 1 aromatic rings. The van der Waals surface area contributed by atoms with Crippen LogP contribution in [0.1, 0.15) is 50.4 Å². The van der Waals surface area contributed by atoms with Gasteiger partial charge in [0.1, 0.15) is 0 Å². The maximum Gasteiger partial charge on any atom is 0.251 e. The van der Waals surface area contributed by atoms with Crippen molar-refractivity contribution in [1.29, 1.82) is 0 Å². The van der Waals surface area contributed by atoms with E-state index < -0.39 is 10.0 Å². The van der Waals surface area contributed by atoms with Gasteiger partial charge in [-0.1, -0.05) is 26.7 Å². The SMILES string of the molecule is CC(C)CCC[C@H](C)NC(=O)c1ccc(S(=O)(=O)N(C)C)cc1. The van der Waals surface area contributed by atoms with Gasteiger partial charge in [0, 0.05) is 25.7 Å². The number of hydrogen-bond acceptors (Lipinski definition) is 3. The molecule has 0 aliphatic heterocycles. The number of nitrogens with one attached hydrogen (secondary N) is 1. The van der Waals surface area contributed by atoms with Gasteiger partial charge in [0.15, 0.2) is 0 Å². The van der Waals surface area contributed by atoms with Crippen LogP contribution < -0.4 is 5.32 Å². The Morgan fingerprint density at radius 1 is 1.09 bits per heavy atom. The topological polar surface area (TPSA) is 66.5 Å². The summed E-state index contributed by atoms with van der Waals surface area (Å²) >= 11 is 0. The number of carbonyl (C=O) groups excluding carboxylic acids is 1. The zero-order chi connectivity index (χ0) is 17.6. The Balaban J connectivity index is 2.64. The second-order valence-electron chi connectivity index (χ2n) is 6.51. The van der Waals surface area contributed by atoms with Crippen molar-refractivity contribution in [3.05, 3.63) is 29.8 Å². The van der Waals surface area contributed by atoms with E-state index in [0.717, 1.165) is 23.6 Å². The van der Waals surface area contributed by atoms with E-state index in [1.165, 1.54) is 26.2 Å². The number of benzene rings is 1. The first-order chi connectivity index (χ1) is 10.6. The number of nitrogens with zero attached hydrogens (tertiary/aromatic N) is 1. The van der Waals surface area contributed by atoms with Crippen molar-refractivity contribution in [2.75, 3.05) is 14.1 Å². The van der Waals surface area contributed by atoms with Crippen LogP contribution in [0.2, 0.25) is 0 Å².